The number of hydrogen-bond donors (Lipinski definition) is 2. The summed E-state index contributed by atoms with van der Waals surface area (Å²) >= 11 is 1.21. The Kier molecular flexibility index (Phi) is 7.17. The Morgan fingerprint density at radius 3 is 2.22 bits per heavy atom. The molecule has 7 nitrogen and oxygen atoms in total. The van der Waals surface area contributed by atoms with Crippen LogP contribution in [0.25, 0.3) is 0 Å². The van der Waals surface area contributed by atoms with E-state index >= 15 is 0 Å². The van der Waals surface area contributed by atoms with Gasteiger partial charge in [-0.2, -0.15) is 4.72 Å². The van der Waals surface area contributed by atoms with Crippen LogP contribution in [0.2, 0.25) is 0 Å². The first kappa shape index (κ1) is 23.7. The second kappa shape index (κ2) is 9.68. The highest BCUT2D eigenvalue weighted by Crippen LogP contribution is 2.35. The molecule has 0 aliphatic heterocycles. The van der Waals surface area contributed by atoms with E-state index in [0.29, 0.717) is 16.4 Å². The van der Waals surface area contributed by atoms with Crippen molar-refractivity contribution in [1.82, 2.24) is 9.71 Å². The fourth-order valence-corrected chi connectivity index (χ4v) is 5.36. The van der Waals surface area contributed by atoms with Crippen molar-refractivity contribution in [2.75, 3.05) is 0 Å². The molecule has 2 N–H and O–H groups in total. The molecule has 0 amide bonds. The van der Waals surface area contributed by atoms with Crippen LogP contribution in [0.4, 0.5) is 4.39 Å². The van der Waals surface area contributed by atoms with Gasteiger partial charge in [0, 0.05) is 22.0 Å². The van der Waals surface area contributed by atoms with E-state index in [4.69, 9.17) is 4.74 Å². The number of carboxylic acid groups (broad SMARTS) is 1. The van der Waals surface area contributed by atoms with Crippen molar-refractivity contribution in [3.05, 3.63) is 78.9 Å². The molecular weight excluding hydrogens is 455 g/mol. The first-order valence-corrected chi connectivity index (χ1v) is 11.7. The zero-order valence-corrected chi connectivity index (χ0v) is 18.9. The number of sulfonamides is 1. The van der Waals surface area contributed by atoms with Crippen LogP contribution in [0.15, 0.2) is 82.8 Å². The lowest BCUT2D eigenvalue weighted by Gasteiger charge is -2.31. The van der Waals surface area contributed by atoms with E-state index in [-0.39, 0.29) is 4.90 Å². The topological polar surface area (TPSA) is 106 Å². The average Bonchev–Trinajstić information content (AvgIpc) is 2.74. The first-order chi connectivity index (χ1) is 15.1. The number of carbonyl (C=O) groups is 1. The lowest BCUT2D eigenvalue weighted by molar-refractivity contribution is -0.139. The van der Waals surface area contributed by atoms with Gasteiger partial charge in [-0.15, -0.1) is 11.8 Å². The van der Waals surface area contributed by atoms with Gasteiger partial charge in [0.1, 0.15) is 23.4 Å². The number of aliphatic carboxylic acids is 1. The number of ether oxygens (including phenoxy) is 1. The molecule has 3 rings (SSSR count). The molecule has 32 heavy (non-hydrogen) atoms. The number of rotatable bonds is 9. The van der Waals surface area contributed by atoms with Gasteiger partial charge in [-0.1, -0.05) is 0 Å². The summed E-state index contributed by atoms with van der Waals surface area (Å²) in [4.78, 5) is 16.5. The maximum Gasteiger partial charge on any atom is 0.323 e. The van der Waals surface area contributed by atoms with Crippen molar-refractivity contribution in [1.29, 1.82) is 0 Å². The number of carboxylic acids is 1. The quantitative estimate of drug-likeness (QED) is 0.443. The molecule has 168 valence electrons. The van der Waals surface area contributed by atoms with E-state index in [2.05, 4.69) is 9.71 Å². The molecule has 0 aliphatic carbocycles. The zero-order chi connectivity index (χ0) is 23.4. The SMILES string of the molecule is CC(C)(Sc1cccnc1)[C@H](NS(=O)(=O)c1ccc(Oc2ccc(F)cc2)cc1)C(=O)O. The fourth-order valence-electron chi connectivity index (χ4n) is 2.81. The molecule has 2 aromatic carbocycles. The molecule has 0 saturated heterocycles. The zero-order valence-electron chi connectivity index (χ0n) is 17.2. The second-order valence-electron chi connectivity index (χ2n) is 7.31. The molecule has 1 heterocycles. The van der Waals surface area contributed by atoms with Gasteiger partial charge in [-0.25, -0.2) is 12.8 Å². The summed E-state index contributed by atoms with van der Waals surface area (Å²) in [6.45, 7) is 3.29. The van der Waals surface area contributed by atoms with Gasteiger partial charge in [0.15, 0.2) is 0 Å². The summed E-state index contributed by atoms with van der Waals surface area (Å²) in [5, 5.41) is 9.72. The largest absolute Gasteiger partial charge is 0.480 e. The lowest BCUT2D eigenvalue weighted by atomic mass is 10.1. The monoisotopic (exact) mass is 476 g/mol. The summed E-state index contributed by atoms with van der Waals surface area (Å²) in [5.41, 5.74) is 0. The maximum absolute atomic E-state index is 13.0. The molecule has 0 saturated carbocycles. The van der Waals surface area contributed by atoms with Crippen molar-refractivity contribution in [3.8, 4) is 11.5 Å². The average molecular weight is 477 g/mol. The van der Waals surface area contributed by atoms with E-state index < -0.39 is 32.6 Å². The van der Waals surface area contributed by atoms with E-state index in [9.17, 15) is 22.7 Å². The summed E-state index contributed by atoms with van der Waals surface area (Å²) in [6.07, 6.45) is 3.18. The Bertz CT molecular complexity index is 1170. The Labute approximate surface area is 189 Å². The Hall–Kier alpha value is -2.95. The highest BCUT2D eigenvalue weighted by Gasteiger charge is 2.39. The van der Waals surface area contributed by atoms with Gasteiger partial charge in [-0.3, -0.25) is 9.78 Å². The van der Waals surface area contributed by atoms with Crippen molar-refractivity contribution >= 4 is 27.8 Å². The lowest BCUT2D eigenvalue weighted by Crippen LogP contribution is -2.52. The van der Waals surface area contributed by atoms with Crippen LogP contribution >= 0.6 is 11.8 Å². The fraction of sp³-hybridized carbons (Fsp3) is 0.182. The number of aromatic nitrogens is 1. The number of nitrogens with one attached hydrogen (secondary N) is 1. The molecule has 1 atom stereocenters. The number of nitrogens with zero attached hydrogens (tertiary/aromatic N) is 1. The molecule has 10 heteroatoms. The third-order valence-corrected chi connectivity index (χ3v) is 7.09. The highest BCUT2D eigenvalue weighted by atomic mass is 32.2. The molecular formula is C22H21FN2O5S2. The van der Waals surface area contributed by atoms with Crippen molar-refractivity contribution in [2.45, 2.75) is 34.4 Å². The van der Waals surface area contributed by atoms with Crippen LogP contribution in [0.1, 0.15) is 13.8 Å². The molecule has 0 aliphatic rings. The molecule has 1 aromatic heterocycles. The van der Waals surface area contributed by atoms with Crippen LogP contribution in [0.3, 0.4) is 0 Å². The Morgan fingerprint density at radius 2 is 1.69 bits per heavy atom. The van der Waals surface area contributed by atoms with Gasteiger partial charge in [0.05, 0.1) is 4.90 Å². The van der Waals surface area contributed by atoms with Crippen molar-refractivity contribution in [2.24, 2.45) is 0 Å². The predicted molar refractivity (Wildman–Crippen MR) is 119 cm³/mol. The number of halogens is 1. The minimum atomic E-state index is -4.14. The molecule has 0 fully saturated rings. The molecule has 0 spiro atoms. The van der Waals surface area contributed by atoms with Crippen LogP contribution in [0, 0.1) is 5.82 Å². The van der Waals surface area contributed by atoms with Crippen LogP contribution in [0.5, 0.6) is 11.5 Å². The maximum atomic E-state index is 13.0. The Morgan fingerprint density at radius 1 is 1.09 bits per heavy atom. The van der Waals surface area contributed by atoms with E-state index in [1.165, 1.54) is 60.3 Å². The minimum absolute atomic E-state index is 0.114. The van der Waals surface area contributed by atoms with Gasteiger partial charge in [0.2, 0.25) is 10.0 Å². The number of hydrogen-bond acceptors (Lipinski definition) is 6. The van der Waals surface area contributed by atoms with Gasteiger partial charge >= 0.3 is 5.97 Å². The summed E-state index contributed by atoms with van der Waals surface area (Å²) in [5.74, 6) is -0.966. The molecule has 0 radical (unpaired) electrons. The minimum Gasteiger partial charge on any atom is -0.480 e. The van der Waals surface area contributed by atoms with Gasteiger partial charge in [0.25, 0.3) is 0 Å². The van der Waals surface area contributed by atoms with E-state index in [0.717, 1.165) is 0 Å². The standard InChI is InChI=1S/C22H21FN2O5S2/c1-22(2,31-18-4-3-13-24-14-18)20(21(26)27)25-32(28,29)19-11-9-17(10-12-19)30-16-7-5-15(23)6-8-16/h3-14,20,25H,1-2H3,(H,26,27)/t20-/m1/s1. The summed E-state index contributed by atoms with van der Waals surface area (Å²) < 4.78 is 45.6. The smallest absolute Gasteiger partial charge is 0.323 e. The summed E-state index contributed by atoms with van der Waals surface area (Å²) in [7, 11) is -4.14. The van der Waals surface area contributed by atoms with Crippen LogP contribution < -0.4 is 9.46 Å². The molecule has 0 unspecified atom stereocenters. The number of benzene rings is 2. The van der Waals surface area contributed by atoms with Gasteiger partial charge < -0.3 is 9.84 Å². The Balaban J connectivity index is 1.76. The summed E-state index contributed by atoms with van der Waals surface area (Å²) in [6, 6.07) is 12.9. The third kappa shape index (κ3) is 6.06. The number of pyridine rings is 1. The third-order valence-electron chi connectivity index (χ3n) is 4.41. The normalized spacial score (nSPS) is 12.8. The van der Waals surface area contributed by atoms with E-state index in [1.54, 1.807) is 38.4 Å². The number of thioether (sulfide) groups is 1. The van der Waals surface area contributed by atoms with Crippen LogP contribution in [-0.2, 0) is 14.8 Å². The van der Waals surface area contributed by atoms with Crippen LogP contribution in [-0.4, -0.2) is 35.3 Å². The van der Waals surface area contributed by atoms with Crippen molar-refractivity contribution in [3.63, 3.8) is 0 Å². The molecule has 0 bridgehead atoms. The predicted octanol–water partition coefficient (Wildman–Crippen LogP) is 4.32. The van der Waals surface area contributed by atoms with E-state index in [1.807, 2.05) is 0 Å². The first-order valence-electron chi connectivity index (χ1n) is 9.44. The second-order valence-corrected chi connectivity index (χ2v) is 10.8. The highest BCUT2D eigenvalue weighted by molar-refractivity contribution is 8.00. The molecule has 3 aromatic rings. The van der Waals surface area contributed by atoms with Crippen molar-refractivity contribution < 1.29 is 27.4 Å². The van der Waals surface area contributed by atoms with Gasteiger partial charge in [-0.05, 0) is 74.5 Å².